The highest BCUT2D eigenvalue weighted by Crippen LogP contribution is 2.20. The topological polar surface area (TPSA) is 9.23 Å². The molecule has 0 aliphatic heterocycles. The van der Waals surface area contributed by atoms with Crippen LogP contribution in [0.5, 0.6) is 5.75 Å². The van der Waals surface area contributed by atoms with Crippen LogP contribution in [0.4, 0.5) is 3.89 Å². The van der Waals surface area contributed by atoms with Crippen LogP contribution < -0.4 is 4.74 Å². The van der Waals surface area contributed by atoms with Gasteiger partial charge in [-0.1, -0.05) is 31.4 Å². The number of rotatable bonds is 7. The number of ether oxygens (including phenoxy) is 1. The minimum absolute atomic E-state index is 0.341. The predicted octanol–water partition coefficient (Wildman–Crippen LogP) is 4.36. The van der Waals surface area contributed by atoms with Crippen molar-refractivity contribution in [3.8, 4) is 5.75 Å². The molecule has 0 bridgehead atoms. The molecule has 86 valence electrons. The van der Waals surface area contributed by atoms with E-state index in [0.29, 0.717) is 30.9 Å². The molecule has 0 saturated heterocycles. The largest absolute Gasteiger partial charge is 0.494 e. The molecular formula is C13H15FOS. The van der Waals surface area contributed by atoms with Crippen LogP contribution in [-0.4, -0.2) is 12.4 Å². The van der Waals surface area contributed by atoms with Gasteiger partial charge in [0.2, 0.25) is 0 Å². The van der Waals surface area contributed by atoms with Gasteiger partial charge in [-0.2, -0.15) is 3.89 Å². The Morgan fingerprint density at radius 1 is 1.25 bits per heavy atom. The first-order valence-electron chi connectivity index (χ1n) is 5.07. The third-order valence-corrected chi connectivity index (χ3v) is 2.58. The van der Waals surface area contributed by atoms with Crippen molar-refractivity contribution in [1.29, 1.82) is 0 Å². The minimum Gasteiger partial charge on any atom is -0.494 e. The Morgan fingerprint density at radius 3 is 2.62 bits per heavy atom. The van der Waals surface area contributed by atoms with Crippen LogP contribution in [0.2, 0.25) is 0 Å². The normalized spacial score (nSPS) is 9.81. The Morgan fingerprint density at radius 2 is 2.00 bits per heavy atom. The second-order valence-corrected chi connectivity index (χ2v) is 3.84. The van der Waals surface area contributed by atoms with Gasteiger partial charge in [0.25, 0.3) is 0 Å². The van der Waals surface area contributed by atoms with Gasteiger partial charge in [-0.15, -0.1) is 0 Å². The number of benzene rings is 1. The lowest BCUT2D eigenvalue weighted by molar-refractivity contribution is 0.318. The predicted molar refractivity (Wildman–Crippen MR) is 70.3 cm³/mol. The van der Waals surface area contributed by atoms with Crippen LogP contribution in [0.1, 0.15) is 17.5 Å². The summed E-state index contributed by atoms with van der Waals surface area (Å²) < 4.78 is 17.3. The summed E-state index contributed by atoms with van der Waals surface area (Å²) in [6.07, 6.45) is 4.25. The summed E-state index contributed by atoms with van der Waals surface area (Å²) in [6.45, 7) is 7.99. The molecule has 0 spiro atoms. The molecule has 0 aromatic heterocycles. The van der Waals surface area contributed by atoms with Crippen molar-refractivity contribution in [3.05, 3.63) is 42.5 Å². The number of hydrogen-bond acceptors (Lipinski definition) is 2. The standard InChI is InChI=1S/C13H15FOS/c1-3-11-6-7-13(10-12(11)4-2)15-8-5-9-16-14/h3-4,6-7,10H,1-2,5,8-9H2. The van der Waals surface area contributed by atoms with Crippen LogP contribution in [-0.2, 0) is 0 Å². The van der Waals surface area contributed by atoms with Gasteiger partial charge < -0.3 is 4.74 Å². The van der Waals surface area contributed by atoms with Crippen molar-refractivity contribution >= 4 is 24.3 Å². The highest BCUT2D eigenvalue weighted by atomic mass is 32.2. The average molecular weight is 238 g/mol. The highest BCUT2D eigenvalue weighted by molar-refractivity contribution is 7.94. The van der Waals surface area contributed by atoms with E-state index in [1.807, 2.05) is 18.2 Å². The van der Waals surface area contributed by atoms with Gasteiger partial charge in [-0.05, 0) is 29.7 Å². The first-order chi connectivity index (χ1) is 7.81. The van der Waals surface area contributed by atoms with Gasteiger partial charge in [-0.25, -0.2) is 0 Å². The third kappa shape index (κ3) is 3.74. The molecule has 0 heterocycles. The lowest BCUT2D eigenvalue weighted by Gasteiger charge is -2.07. The van der Waals surface area contributed by atoms with E-state index in [1.165, 1.54) is 0 Å². The SMILES string of the molecule is C=Cc1ccc(OCCCSF)cc1C=C. The summed E-state index contributed by atoms with van der Waals surface area (Å²) in [5.74, 6) is 1.25. The molecule has 0 N–H and O–H groups in total. The summed E-state index contributed by atoms with van der Waals surface area (Å²) in [6, 6.07) is 5.72. The second-order valence-electron chi connectivity index (χ2n) is 3.21. The molecule has 0 aliphatic rings. The lowest BCUT2D eigenvalue weighted by atomic mass is 10.1. The summed E-state index contributed by atoms with van der Waals surface area (Å²) in [5.41, 5.74) is 2.02. The fourth-order valence-corrected chi connectivity index (χ4v) is 1.54. The van der Waals surface area contributed by atoms with Crippen LogP contribution in [0.15, 0.2) is 31.4 Å². The maximum atomic E-state index is 11.8. The lowest BCUT2D eigenvalue weighted by Crippen LogP contribution is -1.98. The highest BCUT2D eigenvalue weighted by Gasteiger charge is 1.99. The van der Waals surface area contributed by atoms with E-state index in [4.69, 9.17) is 4.74 Å². The van der Waals surface area contributed by atoms with Gasteiger partial charge >= 0.3 is 0 Å². The zero-order valence-corrected chi connectivity index (χ0v) is 9.93. The molecule has 0 radical (unpaired) electrons. The van der Waals surface area contributed by atoms with E-state index >= 15 is 0 Å². The van der Waals surface area contributed by atoms with E-state index in [-0.39, 0.29) is 0 Å². The first kappa shape index (κ1) is 12.8. The van der Waals surface area contributed by atoms with E-state index in [2.05, 4.69) is 13.2 Å². The van der Waals surface area contributed by atoms with E-state index in [0.717, 1.165) is 16.9 Å². The Balaban J connectivity index is 2.60. The molecule has 0 unspecified atom stereocenters. The summed E-state index contributed by atoms with van der Waals surface area (Å²) >= 11 is 0.341. The maximum absolute atomic E-state index is 11.8. The molecule has 0 aliphatic carbocycles. The smallest absolute Gasteiger partial charge is 0.119 e. The van der Waals surface area contributed by atoms with Crippen LogP contribution in [0, 0.1) is 0 Å². The monoisotopic (exact) mass is 238 g/mol. The van der Waals surface area contributed by atoms with Crippen LogP contribution in [0.25, 0.3) is 12.2 Å². The minimum atomic E-state index is 0.341. The quantitative estimate of drug-likeness (QED) is 0.653. The molecule has 16 heavy (non-hydrogen) atoms. The van der Waals surface area contributed by atoms with Crippen LogP contribution in [0.3, 0.4) is 0 Å². The second kappa shape index (κ2) is 7.12. The van der Waals surface area contributed by atoms with Crippen molar-refractivity contribution < 1.29 is 8.62 Å². The number of halogens is 1. The molecule has 0 saturated carbocycles. The van der Waals surface area contributed by atoms with Crippen molar-refractivity contribution in [2.45, 2.75) is 6.42 Å². The van der Waals surface area contributed by atoms with E-state index in [1.54, 1.807) is 12.2 Å². The fourth-order valence-electron chi connectivity index (χ4n) is 1.31. The van der Waals surface area contributed by atoms with Crippen LogP contribution >= 0.6 is 12.1 Å². The molecule has 0 amide bonds. The maximum Gasteiger partial charge on any atom is 0.119 e. The molecule has 1 aromatic carbocycles. The van der Waals surface area contributed by atoms with Crippen molar-refractivity contribution in [2.24, 2.45) is 0 Å². The molecule has 1 aromatic rings. The Hall–Kier alpha value is -1.22. The van der Waals surface area contributed by atoms with Gasteiger partial charge in [0.1, 0.15) is 5.75 Å². The zero-order chi connectivity index (χ0) is 11.8. The van der Waals surface area contributed by atoms with Gasteiger partial charge in [0.15, 0.2) is 0 Å². The summed E-state index contributed by atoms with van der Waals surface area (Å²) in [5, 5.41) is 0. The molecule has 1 rings (SSSR count). The van der Waals surface area contributed by atoms with Crippen molar-refractivity contribution in [3.63, 3.8) is 0 Å². The molecule has 1 nitrogen and oxygen atoms in total. The molecular weight excluding hydrogens is 223 g/mol. The molecule has 3 heteroatoms. The number of hydrogen-bond donors (Lipinski definition) is 0. The Labute approximate surface area is 100 Å². The van der Waals surface area contributed by atoms with Crippen molar-refractivity contribution in [2.75, 3.05) is 12.4 Å². The first-order valence-corrected chi connectivity index (χ1v) is 5.95. The Kier molecular flexibility index (Phi) is 5.72. The average Bonchev–Trinajstić information content (AvgIpc) is 2.34. The third-order valence-electron chi connectivity index (χ3n) is 2.13. The molecule has 0 atom stereocenters. The molecule has 0 fully saturated rings. The fraction of sp³-hybridized carbons (Fsp3) is 0.231. The zero-order valence-electron chi connectivity index (χ0n) is 9.12. The van der Waals surface area contributed by atoms with Gasteiger partial charge in [-0.3, -0.25) is 0 Å². The van der Waals surface area contributed by atoms with Gasteiger partial charge in [0.05, 0.1) is 6.61 Å². The van der Waals surface area contributed by atoms with Gasteiger partial charge in [0, 0.05) is 17.9 Å². The summed E-state index contributed by atoms with van der Waals surface area (Å²) in [4.78, 5) is 0. The Bertz CT molecular complexity index is 363. The van der Waals surface area contributed by atoms with E-state index in [9.17, 15) is 3.89 Å². The van der Waals surface area contributed by atoms with E-state index < -0.39 is 0 Å². The van der Waals surface area contributed by atoms with Crippen molar-refractivity contribution in [1.82, 2.24) is 0 Å². The summed E-state index contributed by atoms with van der Waals surface area (Å²) in [7, 11) is 0.